The first-order chi connectivity index (χ1) is 7.38. The maximum atomic E-state index is 13.2. The molecule has 90 valence electrons. The van der Waals surface area contributed by atoms with Crippen molar-refractivity contribution in [3.8, 4) is 0 Å². The molecule has 3 nitrogen and oxygen atoms in total. The van der Waals surface area contributed by atoms with Crippen molar-refractivity contribution in [3.05, 3.63) is 35.1 Å². The van der Waals surface area contributed by atoms with E-state index in [9.17, 15) is 12.8 Å². The lowest BCUT2D eigenvalue weighted by atomic mass is 10.1. The van der Waals surface area contributed by atoms with Gasteiger partial charge in [0, 0.05) is 19.3 Å². The van der Waals surface area contributed by atoms with Crippen LogP contribution in [0.15, 0.2) is 18.2 Å². The highest BCUT2D eigenvalue weighted by Crippen LogP contribution is 2.08. The van der Waals surface area contributed by atoms with Crippen LogP contribution in [0.2, 0.25) is 0 Å². The summed E-state index contributed by atoms with van der Waals surface area (Å²) in [6.07, 6.45) is 1.19. The average Bonchev–Trinajstić information content (AvgIpc) is 2.17. The highest BCUT2D eigenvalue weighted by molar-refractivity contribution is 7.90. The summed E-state index contributed by atoms with van der Waals surface area (Å²) in [6, 6.07) is 5.00. The lowest BCUT2D eigenvalue weighted by molar-refractivity contribution is 0.594. The van der Waals surface area contributed by atoms with Crippen molar-refractivity contribution >= 4 is 9.84 Å². The Bertz CT molecular complexity index is 457. The van der Waals surface area contributed by atoms with Gasteiger partial charge >= 0.3 is 0 Å². The van der Waals surface area contributed by atoms with E-state index in [1.165, 1.54) is 12.3 Å². The van der Waals surface area contributed by atoms with E-state index in [1.807, 2.05) is 6.07 Å². The number of hydrogen-bond acceptors (Lipinski definition) is 3. The van der Waals surface area contributed by atoms with E-state index in [-0.39, 0.29) is 11.6 Å². The van der Waals surface area contributed by atoms with Gasteiger partial charge in [-0.15, -0.1) is 0 Å². The van der Waals surface area contributed by atoms with Crippen LogP contribution in [0.25, 0.3) is 0 Å². The summed E-state index contributed by atoms with van der Waals surface area (Å²) in [7, 11) is -2.93. The summed E-state index contributed by atoms with van der Waals surface area (Å²) < 4.78 is 34.8. The van der Waals surface area contributed by atoms with Gasteiger partial charge in [-0.1, -0.05) is 12.1 Å². The zero-order valence-corrected chi connectivity index (χ0v) is 10.3. The highest BCUT2D eigenvalue weighted by atomic mass is 32.2. The van der Waals surface area contributed by atoms with Crippen LogP contribution in [-0.4, -0.2) is 27.0 Å². The monoisotopic (exact) mass is 245 g/mol. The van der Waals surface area contributed by atoms with Crippen molar-refractivity contribution in [3.63, 3.8) is 0 Å². The minimum Gasteiger partial charge on any atom is -0.312 e. The lowest BCUT2D eigenvalue weighted by Gasteiger charge is -2.05. The molecular weight excluding hydrogens is 229 g/mol. The standard InChI is InChI=1S/C11H16FNO2S/c1-9-3-4-10(7-11(9)12)8-13-5-6-16(2,14)15/h3-4,7,13H,5-6,8H2,1-2H3. The molecule has 0 amide bonds. The molecule has 0 unspecified atom stereocenters. The Morgan fingerprint density at radius 2 is 2.06 bits per heavy atom. The smallest absolute Gasteiger partial charge is 0.148 e. The molecule has 0 heterocycles. The molecule has 0 aliphatic rings. The quantitative estimate of drug-likeness (QED) is 0.795. The molecule has 0 spiro atoms. The number of halogens is 1. The molecule has 0 radical (unpaired) electrons. The van der Waals surface area contributed by atoms with Crippen LogP contribution in [0.5, 0.6) is 0 Å². The van der Waals surface area contributed by atoms with Crippen molar-refractivity contribution in [2.45, 2.75) is 13.5 Å². The van der Waals surface area contributed by atoms with Crippen molar-refractivity contribution in [2.75, 3.05) is 18.6 Å². The summed E-state index contributed by atoms with van der Waals surface area (Å²) in [4.78, 5) is 0. The van der Waals surface area contributed by atoms with Gasteiger partial charge in [0.1, 0.15) is 15.7 Å². The van der Waals surface area contributed by atoms with Gasteiger partial charge in [-0.05, 0) is 24.1 Å². The van der Waals surface area contributed by atoms with Crippen molar-refractivity contribution in [1.82, 2.24) is 5.32 Å². The summed E-state index contributed by atoms with van der Waals surface area (Å²) in [5.41, 5.74) is 1.43. The van der Waals surface area contributed by atoms with Crippen LogP contribution in [0.3, 0.4) is 0 Å². The fraction of sp³-hybridized carbons (Fsp3) is 0.455. The molecule has 1 aromatic rings. The van der Waals surface area contributed by atoms with Crippen LogP contribution in [0.1, 0.15) is 11.1 Å². The number of nitrogens with one attached hydrogen (secondary N) is 1. The van der Waals surface area contributed by atoms with Gasteiger partial charge in [-0.2, -0.15) is 0 Å². The fourth-order valence-electron chi connectivity index (χ4n) is 1.24. The first-order valence-electron chi connectivity index (χ1n) is 5.02. The predicted octanol–water partition coefficient (Wildman–Crippen LogP) is 1.27. The molecule has 16 heavy (non-hydrogen) atoms. The Morgan fingerprint density at radius 3 is 2.62 bits per heavy atom. The minimum atomic E-state index is -2.93. The van der Waals surface area contributed by atoms with Gasteiger partial charge < -0.3 is 5.32 Å². The van der Waals surface area contributed by atoms with Gasteiger partial charge in [-0.25, -0.2) is 12.8 Å². The number of hydrogen-bond donors (Lipinski definition) is 1. The molecule has 0 fully saturated rings. The third-order valence-electron chi connectivity index (χ3n) is 2.21. The van der Waals surface area contributed by atoms with Crippen LogP contribution >= 0.6 is 0 Å². The van der Waals surface area contributed by atoms with Crippen molar-refractivity contribution < 1.29 is 12.8 Å². The van der Waals surface area contributed by atoms with Crippen molar-refractivity contribution in [1.29, 1.82) is 0 Å². The van der Waals surface area contributed by atoms with Crippen molar-refractivity contribution in [2.24, 2.45) is 0 Å². The Labute approximate surface area is 95.6 Å². The Kier molecular flexibility index (Phi) is 4.44. The molecule has 0 aliphatic carbocycles. The molecule has 1 aromatic carbocycles. The number of rotatable bonds is 5. The molecule has 0 aromatic heterocycles. The first-order valence-corrected chi connectivity index (χ1v) is 7.08. The molecule has 0 atom stereocenters. The van der Waals surface area contributed by atoms with E-state index >= 15 is 0 Å². The molecule has 0 bridgehead atoms. The zero-order valence-electron chi connectivity index (χ0n) is 9.46. The van der Waals surface area contributed by atoms with Gasteiger partial charge in [0.25, 0.3) is 0 Å². The lowest BCUT2D eigenvalue weighted by Crippen LogP contribution is -2.21. The van der Waals surface area contributed by atoms with E-state index in [2.05, 4.69) is 5.32 Å². The van der Waals surface area contributed by atoms with E-state index in [4.69, 9.17) is 0 Å². The summed E-state index contributed by atoms with van der Waals surface area (Å²) in [6.45, 7) is 2.57. The third kappa shape index (κ3) is 4.72. The van der Waals surface area contributed by atoms with Crippen LogP contribution in [0.4, 0.5) is 4.39 Å². The Hall–Kier alpha value is -0.940. The second kappa shape index (κ2) is 5.41. The number of sulfone groups is 1. The van der Waals surface area contributed by atoms with Gasteiger partial charge in [-0.3, -0.25) is 0 Å². The zero-order chi connectivity index (χ0) is 12.2. The molecule has 0 aliphatic heterocycles. The average molecular weight is 245 g/mol. The van der Waals surface area contributed by atoms with Gasteiger partial charge in [0.05, 0.1) is 5.75 Å². The minimum absolute atomic E-state index is 0.0986. The van der Waals surface area contributed by atoms with E-state index in [0.29, 0.717) is 18.7 Å². The fourth-order valence-corrected chi connectivity index (χ4v) is 1.75. The molecule has 5 heteroatoms. The van der Waals surface area contributed by atoms with Crippen LogP contribution in [-0.2, 0) is 16.4 Å². The largest absolute Gasteiger partial charge is 0.312 e. The second-order valence-corrected chi connectivity index (χ2v) is 6.15. The van der Waals surface area contributed by atoms with Gasteiger partial charge in [0.2, 0.25) is 0 Å². The molecule has 1 rings (SSSR count). The summed E-state index contributed by atoms with van der Waals surface area (Å²) in [5, 5.41) is 2.96. The maximum absolute atomic E-state index is 13.2. The summed E-state index contributed by atoms with van der Waals surface area (Å²) in [5.74, 6) is -0.135. The molecule has 0 saturated heterocycles. The van der Waals surface area contributed by atoms with Gasteiger partial charge in [0.15, 0.2) is 0 Å². The maximum Gasteiger partial charge on any atom is 0.148 e. The predicted molar refractivity (Wildman–Crippen MR) is 62.6 cm³/mol. The van der Waals surface area contributed by atoms with E-state index in [1.54, 1.807) is 13.0 Å². The SMILES string of the molecule is Cc1ccc(CNCCS(C)(=O)=O)cc1F. The molecular formula is C11H16FNO2S. The van der Waals surface area contributed by atoms with E-state index < -0.39 is 9.84 Å². The third-order valence-corrected chi connectivity index (χ3v) is 3.16. The highest BCUT2D eigenvalue weighted by Gasteiger charge is 2.02. The topological polar surface area (TPSA) is 46.2 Å². The molecule has 1 N–H and O–H groups in total. The Morgan fingerprint density at radius 1 is 1.38 bits per heavy atom. The Balaban J connectivity index is 2.41. The normalized spacial score (nSPS) is 11.7. The molecule has 0 saturated carbocycles. The van der Waals surface area contributed by atoms with Crippen LogP contribution in [0, 0.1) is 12.7 Å². The summed E-state index contributed by atoms with van der Waals surface area (Å²) >= 11 is 0. The number of benzene rings is 1. The van der Waals surface area contributed by atoms with E-state index in [0.717, 1.165) is 5.56 Å². The van der Waals surface area contributed by atoms with Crippen LogP contribution < -0.4 is 5.32 Å². The number of aryl methyl sites for hydroxylation is 1. The first kappa shape index (κ1) is 13.1. The second-order valence-electron chi connectivity index (χ2n) is 3.89.